The standard InChI is InChI=1S/C23H24N2O/c24-23-21-12-5-4-9-18(21)13-14-22(23)25-19-10-6-11-20(15-19)26-16-17-7-2-1-3-8-17/h1-3,6-8,10-11,13-15,25H,4-5,9,12,16,24H2. The highest BCUT2D eigenvalue weighted by Gasteiger charge is 2.14. The van der Waals surface area contributed by atoms with Crippen LogP contribution in [0.25, 0.3) is 0 Å². The SMILES string of the molecule is Nc1c(Nc2cccc(OCc3ccccc3)c2)ccc2c1CCCC2. The van der Waals surface area contributed by atoms with Crippen molar-refractivity contribution in [1.29, 1.82) is 0 Å². The van der Waals surface area contributed by atoms with Crippen molar-refractivity contribution in [3.8, 4) is 5.75 Å². The van der Waals surface area contributed by atoms with Gasteiger partial charge in [0.2, 0.25) is 0 Å². The van der Waals surface area contributed by atoms with Crippen molar-refractivity contribution in [2.24, 2.45) is 0 Å². The smallest absolute Gasteiger partial charge is 0.121 e. The molecule has 0 radical (unpaired) electrons. The maximum atomic E-state index is 6.43. The summed E-state index contributed by atoms with van der Waals surface area (Å²) in [6.07, 6.45) is 4.71. The molecule has 0 heterocycles. The van der Waals surface area contributed by atoms with Crippen LogP contribution in [0.15, 0.2) is 66.7 Å². The molecule has 1 aliphatic carbocycles. The number of benzene rings is 3. The first-order valence-corrected chi connectivity index (χ1v) is 9.23. The molecular weight excluding hydrogens is 320 g/mol. The van der Waals surface area contributed by atoms with Gasteiger partial charge in [0.1, 0.15) is 12.4 Å². The maximum Gasteiger partial charge on any atom is 0.121 e. The number of nitrogen functional groups attached to an aromatic ring is 1. The Morgan fingerprint density at radius 2 is 1.73 bits per heavy atom. The van der Waals surface area contributed by atoms with Gasteiger partial charge in [-0.15, -0.1) is 0 Å². The molecule has 4 rings (SSSR count). The molecule has 0 saturated heterocycles. The number of hydrogen-bond donors (Lipinski definition) is 2. The van der Waals surface area contributed by atoms with Gasteiger partial charge < -0.3 is 15.8 Å². The lowest BCUT2D eigenvalue weighted by atomic mass is 9.90. The Balaban J connectivity index is 1.49. The van der Waals surface area contributed by atoms with E-state index in [1.165, 1.54) is 24.0 Å². The first-order chi connectivity index (χ1) is 12.8. The number of aryl methyl sites for hydroxylation is 1. The summed E-state index contributed by atoms with van der Waals surface area (Å²) in [6.45, 7) is 0.561. The molecule has 26 heavy (non-hydrogen) atoms. The van der Waals surface area contributed by atoms with Crippen molar-refractivity contribution < 1.29 is 4.74 Å². The van der Waals surface area contributed by atoms with Crippen LogP contribution in [0.2, 0.25) is 0 Å². The monoisotopic (exact) mass is 344 g/mol. The van der Waals surface area contributed by atoms with Crippen molar-refractivity contribution in [3.63, 3.8) is 0 Å². The highest BCUT2D eigenvalue weighted by atomic mass is 16.5. The van der Waals surface area contributed by atoms with Gasteiger partial charge in [-0.25, -0.2) is 0 Å². The minimum atomic E-state index is 0.561. The summed E-state index contributed by atoms with van der Waals surface area (Å²) < 4.78 is 5.92. The highest BCUT2D eigenvalue weighted by molar-refractivity contribution is 5.77. The van der Waals surface area contributed by atoms with E-state index in [-0.39, 0.29) is 0 Å². The Morgan fingerprint density at radius 3 is 2.62 bits per heavy atom. The fourth-order valence-electron chi connectivity index (χ4n) is 3.53. The van der Waals surface area contributed by atoms with Gasteiger partial charge in [-0.2, -0.15) is 0 Å². The topological polar surface area (TPSA) is 47.3 Å². The number of hydrogen-bond acceptors (Lipinski definition) is 3. The number of nitrogens with one attached hydrogen (secondary N) is 1. The predicted molar refractivity (Wildman–Crippen MR) is 108 cm³/mol. The maximum absolute atomic E-state index is 6.43. The zero-order valence-corrected chi connectivity index (χ0v) is 14.9. The van der Waals surface area contributed by atoms with Crippen LogP contribution in [-0.4, -0.2) is 0 Å². The van der Waals surface area contributed by atoms with E-state index in [1.54, 1.807) is 0 Å². The Labute approximate surface area is 154 Å². The molecule has 0 spiro atoms. The molecule has 132 valence electrons. The molecule has 3 N–H and O–H groups in total. The minimum absolute atomic E-state index is 0.561. The van der Waals surface area contributed by atoms with Crippen LogP contribution in [0.4, 0.5) is 17.1 Å². The molecule has 3 aromatic rings. The lowest BCUT2D eigenvalue weighted by molar-refractivity contribution is 0.306. The third-order valence-corrected chi connectivity index (χ3v) is 4.94. The molecule has 0 unspecified atom stereocenters. The second kappa shape index (κ2) is 7.52. The molecule has 1 aliphatic rings. The molecule has 0 aliphatic heterocycles. The summed E-state index contributed by atoms with van der Waals surface area (Å²) in [6, 6.07) is 22.5. The molecule has 0 fully saturated rings. The van der Waals surface area contributed by atoms with E-state index in [0.29, 0.717) is 6.61 Å². The number of rotatable bonds is 5. The van der Waals surface area contributed by atoms with Crippen LogP contribution < -0.4 is 15.8 Å². The van der Waals surface area contributed by atoms with Crippen LogP contribution in [0, 0.1) is 0 Å². The normalized spacial score (nSPS) is 13.1. The van der Waals surface area contributed by atoms with E-state index >= 15 is 0 Å². The molecular formula is C23H24N2O. The summed E-state index contributed by atoms with van der Waals surface area (Å²) in [5.41, 5.74) is 13.2. The molecule has 0 saturated carbocycles. The third kappa shape index (κ3) is 3.67. The summed E-state index contributed by atoms with van der Waals surface area (Å²) in [5.74, 6) is 0.843. The Bertz CT molecular complexity index is 890. The van der Waals surface area contributed by atoms with Gasteiger partial charge in [0, 0.05) is 11.8 Å². The van der Waals surface area contributed by atoms with E-state index in [9.17, 15) is 0 Å². The van der Waals surface area contributed by atoms with Gasteiger partial charge in [0.15, 0.2) is 0 Å². The quantitative estimate of drug-likeness (QED) is 0.603. The first kappa shape index (κ1) is 16.5. The van der Waals surface area contributed by atoms with Gasteiger partial charge in [-0.1, -0.05) is 42.5 Å². The summed E-state index contributed by atoms with van der Waals surface area (Å²) in [7, 11) is 0. The largest absolute Gasteiger partial charge is 0.489 e. The lowest BCUT2D eigenvalue weighted by Crippen LogP contribution is -2.08. The molecule has 3 heteroatoms. The molecule has 0 bridgehead atoms. The van der Waals surface area contributed by atoms with Crippen molar-refractivity contribution in [1.82, 2.24) is 0 Å². The second-order valence-corrected chi connectivity index (χ2v) is 6.80. The van der Waals surface area contributed by atoms with Crippen molar-refractivity contribution in [2.45, 2.75) is 32.3 Å². The third-order valence-electron chi connectivity index (χ3n) is 4.94. The average Bonchev–Trinajstić information content (AvgIpc) is 2.70. The van der Waals surface area contributed by atoms with Crippen LogP contribution >= 0.6 is 0 Å². The van der Waals surface area contributed by atoms with E-state index < -0.39 is 0 Å². The minimum Gasteiger partial charge on any atom is -0.489 e. The summed E-state index contributed by atoms with van der Waals surface area (Å²) in [4.78, 5) is 0. The van der Waals surface area contributed by atoms with E-state index in [0.717, 1.165) is 41.2 Å². The molecule has 0 amide bonds. The number of fused-ring (bicyclic) bond motifs is 1. The lowest BCUT2D eigenvalue weighted by Gasteiger charge is -2.20. The van der Waals surface area contributed by atoms with E-state index in [1.807, 2.05) is 42.5 Å². The van der Waals surface area contributed by atoms with E-state index in [4.69, 9.17) is 10.5 Å². The van der Waals surface area contributed by atoms with Gasteiger partial charge in [0.05, 0.1) is 11.4 Å². The fourth-order valence-corrected chi connectivity index (χ4v) is 3.53. The van der Waals surface area contributed by atoms with Crippen LogP contribution in [-0.2, 0) is 19.4 Å². The summed E-state index contributed by atoms with van der Waals surface area (Å²) >= 11 is 0. The number of nitrogens with two attached hydrogens (primary N) is 1. The molecule has 0 aromatic heterocycles. The first-order valence-electron chi connectivity index (χ1n) is 9.23. The number of ether oxygens (including phenoxy) is 1. The Morgan fingerprint density at radius 1 is 0.885 bits per heavy atom. The average molecular weight is 344 g/mol. The van der Waals surface area contributed by atoms with Gasteiger partial charge in [0.25, 0.3) is 0 Å². The predicted octanol–water partition coefficient (Wildman–Crippen LogP) is 5.47. The van der Waals surface area contributed by atoms with Gasteiger partial charge in [-0.3, -0.25) is 0 Å². The molecule has 0 atom stereocenters. The summed E-state index contributed by atoms with van der Waals surface area (Å²) in [5, 5.41) is 3.46. The Hall–Kier alpha value is -2.94. The number of anilines is 3. The second-order valence-electron chi connectivity index (χ2n) is 6.80. The van der Waals surface area contributed by atoms with Gasteiger partial charge in [-0.05, 0) is 60.6 Å². The molecule has 3 aromatic carbocycles. The van der Waals surface area contributed by atoms with Crippen molar-refractivity contribution in [2.75, 3.05) is 11.1 Å². The van der Waals surface area contributed by atoms with E-state index in [2.05, 4.69) is 29.6 Å². The zero-order valence-electron chi connectivity index (χ0n) is 14.9. The molecule has 3 nitrogen and oxygen atoms in total. The van der Waals surface area contributed by atoms with Crippen LogP contribution in [0.5, 0.6) is 5.75 Å². The Kier molecular flexibility index (Phi) is 4.78. The van der Waals surface area contributed by atoms with Crippen LogP contribution in [0.3, 0.4) is 0 Å². The highest BCUT2D eigenvalue weighted by Crippen LogP contribution is 2.34. The van der Waals surface area contributed by atoms with Crippen molar-refractivity contribution in [3.05, 3.63) is 83.4 Å². The van der Waals surface area contributed by atoms with Crippen molar-refractivity contribution >= 4 is 17.1 Å². The van der Waals surface area contributed by atoms with Crippen LogP contribution in [0.1, 0.15) is 29.5 Å². The zero-order chi connectivity index (χ0) is 17.8. The fraction of sp³-hybridized carbons (Fsp3) is 0.217. The van der Waals surface area contributed by atoms with Gasteiger partial charge >= 0.3 is 0 Å².